The monoisotopic (exact) mass is 297 g/mol. The van der Waals surface area contributed by atoms with Gasteiger partial charge in [-0.1, -0.05) is 0 Å². The summed E-state index contributed by atoms with van der Waals surface area (Å²) in [6.07, 6.45) is 1.69. The third-order valence-corrected chi connectivity index (χ3v) is 5.62. The van der Waals surface area contributed by atoms with Crippen LogP contribution in [0.25, 0.3) is 0 Å². The minimum atomic E-state index is -3.50. The summed E-state index contributed by atoms with van der Waals surface area (Å²) in [6.45, 7) is 5.53. The summed E-state index contributed by atoms with van der Waals surface area (Å²) in [5.41, 5.74) is 7.92. The van der Waals surface area contributed by atoms with E-state index in [9.17, 15) is 8.42 Å². The number of hydrogen-bond donors (Lipinski definition) is 2. The number of hydrogen-bond acceptors (Lipinski definition) is 4. The van der Waals surface area contributed by atoms with E-state index in [-0.39, 0.29) is 6.04 Å². The number of sulfonamides is 1. The standard InChI is InChI=1S/C14H23N3O2S/c1-10-8-12(15)9-14(11(10)2)20(18,19)16-13-4-6-17(3)7-5-13/h8-9,13,16H,4-7,15H2,1-3H3. The molecule has 0 spiro atoms. The molecule has 1 aromatic carbocycles. The van der Waals surface area contributed by atoms with Gasteiger partial charge in [0.2, 0.25) is 10.0 Å². The van der Waals surface area contributed by atoms with Crippen LogP contribution in [-0.4, -0.2) is 39.5 Å². The maximum absolute atomic E-state index is 12.5. The molecule has 6 heteroatoms. The van der Waals surface area contributed by atoms with Gasteiger partial charge in [-0.3, -0.25) is 0 Å². The lowest BCUT2D eigenvalue weighted by molar-refractivity contribution is 0.248. The number of likely N-dealkylation sites (tertiary alicyclic amines) is 1. The van der Waals surface area contributed by atoms with Crippen LogP contribution in [-0.2, 0) is 10.0 Å². The van der Waals surface area contributed by atoms with E-state index in [2.05, 4.69) is 16.7 Å². The smallest absolute Gasteiger partial charge is 0.241 e. The maximum Gasteiger partial charge on any atom is 0.241 e. The molecule has 1 saturated heterocycles. The molecule has 0 aliphatic carbocycles. The number of nitrogens with zero attached hydrogens (tertiary/aromatic N) is 1. The number of benzene rings is 1. The van der Waals surface area contributed by atoms with Crippen LogP contribution in [0.5, 0.6) is 0 Å². The second-order valence-corrected chi connectivity index (χ2v) is 7.34. The highest BCUT2D eigenvalue weighted by Crippen LogP contribution is 2.23. The average Bonchev–Trinajstić information content (AvgIpc) is 2.36. The molecule has 1 heterocycles. The van der Waals surface area contributed by atoms with Gasteiger partial charge in [-0.05, 0) is 70.1 Å². The van der Waals surface area contributed by atoms with Gasteiger partial charge in [-0.2, -0.15) is 0 Å². The molecular formula is C14H23N3O2S. The lowest BCUT2D eigenvalue weighted by Crippen LogP contribution is -2.43. The third-order valence-electron chi connectivity index (χ3n) is 3.97. The summed E-state index contributed by atoms with van der Waals surface area (Å²) < 4.78 is 27.9. The molecule has 0 radical (unpaired) electrons. The SMILES string of the molecule is Cc1cc(N)cc(S(=O)(=O)NC2CCN(C)CC2)c1C. The van der Waals surface area contributed by atoms with Crippen molar-refractivity contribution >= 4 is 15.7 Å². The van der Waals surface area contributed by atoms with Crippen molar-refractivity contribution in [2.45, 2.75) is 37.6 Å². The highest BCUT2D eigenvalue weighted by atomic mass is 32.2. The minimum Gasteiger partial charge on any atom is -0.399 e. The molecule has 1 aliphatic heterocycles. The Morgan fingerprint density at radius 3 is 2.45 bits per heavy atom. The molecule has 112 valence electrons. The molecule has 0 aromatic heterocycles. The summed E-state index contributed by atoms with van der Waals surface area (Å²) >= 11 is 0. The molecule has 3 N–H and O–H groups in total. The Hall–Kier alpha value is -1.11. The minimum absolute atomic E-state index is 0.0114. The maximum atomic E-state index is 12.5. The zero-order chi connectivity index (χ0) is 14.9. The van der Waals surface area contributed by atoms with E-state index in [0.717, 1.165) is 37.1 Å². The second kappa shape index (κ2) is 5.71. The van der Waals surface area contributed by atoms with E-state index in [1.807, 2.05) is 13.8 Å². The van der Waals surface area contributed by atoms with Gasteiger partial charge in [0.25, 0.3) is 0 Å². The van der Waals surface area contributed by atoms with Crippen LogP contribution in [0.1, 0.15) is 24.0 Å². The normalized spacial score (nSPS) is 18.4. The van der Waals surface area contributed by atoms with Gasteiger partial charge >= 0.3 is 0 Å². The topological polar surface area (TPSA) is 75.4 Å². The van der Waals surface area contributed by atoms with Crippen molar-refractivity contribution < 1.29 is 8.42 Å². The Labute approximate surface area is 121 Å². The van der Waals surface area contributed by atoms with Crippen LogP contribution in [0.4, 0.5) is 5.69 Å². The van der Waals surface area contributed by atoms with E-state index >= 15 is 0 Å². The fourth-order valence-corrected chi connectivity index (χ4v) is 4.20. The van der Waals surface area contributed by atoms with Gasteiger partial charge < -0.3 is 10.6 Å². The lowest BCUT2D eigenvalue weighted by Gasteiger charge is -2.29. The summed E-state index contributed by atoms with van der Waals surface area (Å²) in [4.78, 5) is 2.51. The molecule has 20 heavy (non-hydrogen) atoms. The summed E-state index contributed by atoms with van der Waals surface area (Å²) in [7, 11) is -1.45. The van der Waals surface area contributed by atoms with Crippen molar-refractivity contribution in [2.75, 3.05) is 25.9 Å². The molecule has 0 unspecified atom stereocenters. The lowest BCUT2D eigenvalue weighted by atomic mass is 10.1. The molecule has 0 saturated carbocycles. The first-order valence-corrected chi connectivity index (χ1v) is 8.35. The van der Waals surface area contributed by atoms with Crippen LogP contribution < -0.4 is 10.5 Å². The number of nitrogen functional groups attached to an aromatic ring is 1. The van der Waals surface area contributed by atoms with E-state index in [1.165, 1.54) is 0 Å². The molecule has 0 atom stereocenters. The van der Waals surface area contributed by atoms with E-state index in [4.69, 9.17) is 5.73 Å². The number of aryl methyl sites for hydroxylation is 1. The zero-order valence-electron chi connectivity index (χ0n) is 12.3. The summed E-state index contributed by atoms with van der Waals surface area (Å²) in [5, 5.41) is 0. The largest absolute Gasteiger partial charge is 0.399 e. The Morgan fingerprint density at radius 1 is 1.25 bits per heavy atom. The van der Waals surface area contributed by atoms with Crippen molar-refractivity contribution in [3.05, 3.63) is 23.3 Å². The molecular weight excluding hydrogens is 274 g/mol. The molecule has 1 fully saturated rings. The second-order valence-electron chi connectivity index (χ2n) is 5.66. The van der Waals surface area contributed by atoms with Gasteiger partial charge in [0.05, 0.1) is 4.90 Å². The molecule has 1 aromatic rings. The van der Waals surface area contributed by atoms with Gasteiger partial charge in [0.1, 0.15) is 0 Å². The Bertz CT molecular complexity index is 591. The Kier molecular flexibility index (Phi) is 4.36. The van der Waals surface area contributed by atoms with E-state index in [1.54, 1.807) is 12.1 Å². The summed E-state index contributed by atoms with van der Waals surface area (Å²) in [5.74, 6) is 0. The quantitative estimate of drug-likeness (QED) is 0.824. The fraction of sp³-hybridized carbons (Fsp3) is 0.571. The first kappa shape index (κ1) is 15.3. The highest BCUT2D eigenvalue weighted by molar-refractivity contribution is 7.89. The molecule has 0 bridgehead atoms. The molecule has 0 amide bonds. The number of nitrogens with one attached hydrogen (secondary N) is 1. The van der Waals surface area contributed by atoms with E-state index in [0.29, 0.717) is 10.6 Å². The zero-order valence-corrected chi connectivity index (χ0v) is 13.1. The first-order chi connectivity index (χ1) is 9.29. The van der Waals surface area contributed by atoms with Gasteiger partial charge in [-0.25, -0.2) is 13.1 Å². The van der Waals surface area contributed by atoms with Crippen LogP contribution >= 0.6 is 0 Å². The van der Waals surface area contributed by atoms with Crippen LogP contribution in [0.2, 0.25) is 0 Å². The third kappa shape index (κ3) is 3.31. The predicted molar refractivity (Wildman–Crippen MR) is 81.2 cm³/mol. The highest BCUT2D eigenvalue weighted by Gasteiger charge is 2.25. The number of nitrogens with two attached hydrogens (primary N) is 1. The average molecular weight is 297 g/mol. The predicted octanol–water partition coefficient (Wildman–Crippen LogP) is 1.26. The Balaban J connectivity index is 2.23. The van der Waals surface area contributed by atoms with Crippen molar-refractivity contribution in [1.29, 1.82) is 0 Å². The van der Waals surface area contributed by atoms with E-state index < -0.39 is 10.0 Å². The van der Waals surface area contributed by atoms with Crippen molar-refractivity contribution in [1.82, 2.24) is 9.62 Å². The number of anilines is 1. The van der Waals surface area contributed by atoms with Crippen LogP contribution in [0.15, 0.2) is 17.0 Å². The van der Waals surface area contributed by atoms with Gasteiger partial charge in [0.15, 0.2) is 0 Å². The first-order valence-electron chi connectivity index (χ1n) is 6.87. The van der Waals surface area contributed by atoms with Crippen molar-refractivity contribution in [2.24, 2.45) is 0 Å². The molecule has 1 aliphatic rings. The van der Waals surface area contributed by atoms with Crippen LogP contribution in [0, 0.1) is 13.8 Å². The summed E-state index contributed by atoms with van der Waals surface area (Å²) in [6, 6.07) is 3.35. The van der Waals surface area contributed by atoms with Gasteiger partial charge in [-0.15, -0.1) is 0 Å². The number of rotatable bonds is 3. The van der Waals surface area contributed by atoms with Crippen molar-refractivity contribution in [3.8, 4) is 0 Å². The van der Waals surface area contributed by atoms with Gasteiger partial charge in [0, 0.05) is 11.7 Å². The van der Waals surface area contributed by atoms with Crippen molar-refractivity contribution in [3.63, 3.8) is 0 Å². The molecule has 5 nitrogen and oxygen atoms in total. The van der Waals surface area contributed by atoms with Crippen LogP contribution in [0.3, 0.4) is 0 Å². The number of piperidine rings is 1. The fourth-order valence-electron chi connectivity index (χ4n) is 2.54. The molecule has 2 rings (SSSR count). The Morgan fingerprint density at radius 2 is 1.85 bits per heavy atom.